The summed E-state index contributed by atoms with van der Waals surface area (Å²) in [5.74, 6) is -0.300. The van der Waals surface area contributed by atoms with Gasteiger partial charge in [-0.3, -0.25) is 0 Å². The zero-order valence-corrected chi connectivity index (χ0v) is 13.3. The van der Waals surface area contributed by atoms with E-state index >= 15 is 0 Å². The van der Waals surface area contributed by atoms with Gasteiger partial charge < -0.3 is 9.29 Å². The summed E-state index contributed by atoms with van der Waals surface area (Å²) in [5.41, 5.74) is 1.50. The maximum Gasteiger partial charge on any atom is 0.338 e. The second-order valence-electron chi connectivity index (χ2n) is 4.51. The van der Waals surface area contributed by atoms with Gasteiger partial charge in [-0.15, -0.1) is 0 Å². The van der Waals surface area contributed by atoms with Crippen LogP contribution in [0.3, 0.4) is 0 Å². The molecule has 118 valence electrons. The lowest BCUT2D eigenvalue weighted by atomic mass is 10.2. The first kappa shape index (κ1) is 17.8. The molecule has 0 unspecified atom stereocenters. The van der Waals surface area contributed by atoms with E-state index in [2.05, 4.69) is 4.74 Å². The Bertz CT molecular complexity index is 722. The van der Waals surface area contributed by atoms with Crippen LogP contribution in [0.25, 0.3) is 0 Å². The number of carbonyl (C=O) groups is 1. The molecule has 0 spiro atoms. The Morgan fingerprint density at radius 3 is 2.00 bits per heavy atom. The highest BCUT2D eigenvalue weighted by Crippen LogP contribution is 2.08. The van der Waals surface area contributed by atoms with Crippen molar-refractivity contribution in [3.05, 3.63) is 59.9 Å². The molecule has 0 fully saturated rings. The van der Waals surface area contributed by atoms with E-state index in [1.807, 2.05) is 18.5 Å². The minimum absolute atomic E-state index is 0.178. The molecule has 1 aromatic carbocycles. The molecule has 0 aliphatic carbocycles. The van der Waals surface area contributed by atoms with Gasteiger partial charge in [0, 0.05) is 12.1 Å². The topological polar surface area (TPSA) is 87.4 Å². The molecule has 0 saturated heterocycles. The molecule has 2 aromatic rings. The van der Waals surface area contributed by atoms with E-state index in [1.165, 1.54) is 19.2 Å². The summed E-state index contributed by atoms with van der Waals surface area (Å²) in [4.78, 5) is 10.7. The number of carbonyl (C=O) groups excluding carboxylic acids is 1. The molecule has 6 nitrogen and oxygen atoms in total. The minimum atomic E-state index is -4.27. The Morgan fingerprint density at radius 1 is 1.09 bits per heavy atom. The number of aryl methyl sites for hydroxylation is 2. The fourth-order valence-electron chi connectivity index (χ4n) is 1.46. The molecular formula is C15H17NO5S. The van der Waals surface area contributed by atoms with Crippen molar-refractivity contribution in [2.24, 2.45) is 7.05 Å². The van der Waals surface area contributed by atoms with Crippen LogP contribution in [-0.2, 0) is 21.9 Å². The summed E-state index contributed by atoms with van der Waals surface area (Å²) >= 11 is 0. The molecule has 0 aliphatic heterocycles. The molecule has 1 aromatic heterocycles. The molecule has 0 amide bonds. The zero-order valence-electron chi connectivity index (χ0n) is 12.5. The third-order valence-electron chi connectivity index (χ3n) is 2.71. The van der Waals surface area contributed by atoms with Gasteiger partial charge in [0.05, 0.1) is 17.6 Å². The Labute approximate surface area is 129 Å². The average Bonchev–Trinajstić information content (AvgIpc) is 2.47. The second-order valence-corrected chi connectivity index (χ2v) is 5.89. The zero-order chi connectivity index (χ0) is 16.8. The van der Waals surface area contributed by atoms with Gasteiger partial charge in [0.2, 0.25) is 0 Å². The van der Waals surface area contributed by atoms with E-state index in [-0.39, 0.29) is 10.9 Å². The largest absolute Gasteiger partial charge is 0.744 e. The Morgan fingerprint density at radius 2 is 1.59 bits per heavy atom. The lowest BCUT2D eigenvalue weighted by Crippen LogP contribution is -2.26. The second kappa shape index (κ2) is 7.67. The Hall–Kier alpha value is -2.25. The van der Waals surface area contributed by atoms with Crippen molar-refractivity contribution in [2.75, 3.05) is 7.11 Å². The summed E-state index contributed by atoms with van der Waals surface area (Å²) in [6.45, 7) is 1.82. The van der Waals surface area contributed by atoms with E-state index in [0.29, 0.717) is 5.56 Å². The van der Waals surface area contributed by atoms with Crippen LogP contribution in [0.4, 0.5) is 0 Å². The van der Waals surface area contributed by atoms with Crippen molar-refractivity contribution >= 4 is 16.1 Å². The Balaban J connectivity index is 0.000000220. The van der Waals surface area contributed by atoms with Crippen molar-refractivity contribution in [1.29, 1.82) is 0 Å². The van der Waals surface area contributed by atoms with Crippen LogP contribution in [0.2, 0.25) is 0 Å². The van der Waals surface area contributed by atoms with Gasteiger partial charge >= 0.3 is 5.97 Å². The lowest BCUT2D eigenvalue weighted by molar-refractivity contribution is -0.671. The van der Waals surface area contributed by atoms with Gasteiger partial charge in [-0.1, -0.05) is 17.7 Å². The normalized spacial score (nSPS) is 10.4. The number of benzene rings is 1. The Kier molecular flexibility index (Phi) is 6.21. The molecule has 0 atom stereocenters. The molecule has 1 heterocycles. The predicted molar refractivity (Wildman–Crippen MR) is 78.1 cm³/mol. The fraction of sp³-hybridized carbons (Fsp3) is 0.200. The van der Waals surface area contributed by atoms with Crippen LogP contribution >= 0.6 is 0 Å². The smallest absolute Gasteiger partial charge is 0.338 e. The van der Waals surface area contributed by atoms with Gasteiger partial charge in [-0.25, -0.2) is 17.8 Å². The molecule has 0 N–H and O–H groups in total. The highest BCUT2D eigenvalue weighted by atomic mass is 32.2. The van der Waals surface area contributed by atoms with E-state index < -0.39 is 10.1 Å². The van der Waals surface area contributed by atoms with E-state index in [0.717, 1.165) is 5.56 Å². The summed E-state index contributed by atoms with van der Waals surface area (Å²) in [6, 6.07) is 9.21. The first-order valence-electron chi connectivity index (χ1n) is 6.30. The molecule has 0 bridgehead atoms. The van der Waals surface area contributed by atoms with Gasteiger partial charge in [0.15, 0.2) is 12.4 Å². The standard InChI is InChI=1S/C8H10NO2.C7H8O3S/c1-9-5-3-7(4-6-9)8(10)11-2;1-6-2-4-7(5-3-6)11(8,9)10/h3-6H,1-2H3;2-5H,1H3,(H,8,9,10)/q+1;/p-1. The number of hydrogen-bond donors (Lipinski definition) is 0. The molecule has 2 rings (SSSR count). The molecule has 22 heavy (non-hydrogen) atoms. The summed E-state index contributed by atoms with van der Waals surface area (Å²) in [5, 5.41) is 0. The van der Waals surface area contributed by atoms with Crippen molar-refractivity contribution < 1.29 is 27.1 Å². The number of nitrogens with zero attached hydrogens (tertiary/aromatic N) is 1. The highest BCUT2D eigenvalue weighted by molar-refractivity contribution is 7.85. The van der Waals surface area contributed by atoms with E-state index in [4.69, 9.17) is 0 Å². The number of esters is 1. The number of rotatable bonds is 2. The highest BCUT2D eigenvalue weighted by Gasteiger charge is 2.04. The number of ether oxygens (including phenoxy) is 1. The maximum absolute atomic E-state index is 10.9. The first-order chi connectivity index (χ1) is 10.2. The summed E-state index contributed by atoms with van der Waals surface area (Å²) in [6.07, 6.45) is 3.60. The third kappa shape index (κ3) is 5.63. The maximum atomic E-state index is 10.9. The average molecular weight is 323 g/mol. The van der Waals surface area contributed by atoms with Crippen LogP contribution in [0.5, 0.6) is 0 Å². The van der Waals surface area contributed by atoms with Gasteiger partial charge in [0.25, 0.3) is 0 Å². The third-order valence-corrected chi connectivity index (χ3v) is 3.56. The predicted octanol–water partition coefficient (Wildman–Crippen LogP) is 1.20. The summed E-state index contributed by atoms with van der Waals surface area (Å²) < 4.78 is 37.5. The number of hydrogen-bond acceptors (Lipinski definition) is 5. The summed E-state index contributed by atoms with van der Waals surface area (Å²) in [7, 11) is -1.01. The van der Waals surface area contributed by atoms with Crippen LogP contribution < -0.4 is 4.57 Å². The van der Waals surface area contributed by atoms with Gasteiger partial charge in [0.1, 0.15) is 17.2 Å². The van der Waals surface area contributed by atoms with Crippen molar-refractivity contribution in [3.63, 3.8) is 0 Å². The van der Waals surface area contributed by atoms with Crippen LogP contribution in [0.15, 0.2) is 53.7 Å². The molecular weight excluding hydrogens is 306 g/mol. The van der Waals surface area contributed by atoms with Crippen molar-refractivity contribution in [1.82, 2.24) is 0 Å². The van der Waals surface area contributed by atoms with Gasteiger partial charge in [-0.2, -0.15) is 0 Å². The number of aromatic nitrogens is 1. The number of methoxy groups -OCH3 is 1. The van der Waals surface area contributed by atoms with Crippen molar-refractivity contribution in [3.8, 4) is 0 Å². The SMILES string of the molecule is COC(=O)c1cc[n+](C)cc1.Cc1ccc(S(=O)(=O)[O-])cc1. The lowest BCUT2D eigenvalue weighted by Gasteiger charge is -2.05. The molecule has 0 aliphatic rings. The van der Waals surface area contributed by atoms with E-state index in [1.54, 1.807) is 36.7 Å². The number of pyridine rings is 1. The molecule has 0 saturated carbocycles. The monoisotopic (exact) mass is 323 g/mol. The molecule has 7 heteroatoms. The fourth-order valence-corrected chi connectivity index (χ4v) is 1.93. The minimum Gasteiger partial charge on any atom is -0.744 e. The van der Waals surface area contributed by atoms with Gasteiger partial charge in [-0.05, 0) is 19.1 Å². The first-order valence-corrected chi connectivity index (χ1v) is 7.71. The van der Waals surface area contributed by atoms with Crippen LogP contribution in [-0.4, -0.2) is 26.0 Å². The quantitative estimate of drug-likeness (QED) is 0.471. The van der Waals surface area contributed by atoms with Crippen molar-refractivity contribution in [2.45, 2.75) is 11.8 Å². The van der Waals surface area contributed by atoms with Crippen LogP contribution in [0.1, 0.15) is 15.9 Å². The van der Waals surface area contributed by atoms with Crippen LogP contribution in [0, 0.1) is 6.92 Å². The molecule has 0 radical (unpaired) electrons. The van der Waals surface area contributed by atoms with E-state index in [9.17, 15) is 17.8 Å².